The predicted octanol–water partition coefficient (Wildman–Crippen LogP) is 4.76. The van der Waals surface area contributed by atoms with Crippen molar-refractivity contribution >= 4 is 0 Å². The Labute approximate surface area is 94.0 Å². The molecular formula is C15H22. The van der Waals surface area contributed by atoms with E-state index in [9.17, 15) is 0 Å². The Morgan fingerprint density at radius 2 is 1.87 bits per heavy atom. The number of allylic oxidation sites excluding steroid dienone is 2. The number of hydrogen-bond donors (Lipinski definition) is 0. The second kappa shape index (κ2) is 7.28. The van der Waals surface area contributed by atoms with Crippen molar-refractivity contribution in [2.45, 2.75) is 46.0 Å². The number of rotatable bonds is 6. The van der Waals surface area contributed by atoms with Gasteiger partial charge in [-0.05, 0) is 44.6 Å². The number of aryl methyl sites for hydroxylation is 1. The minimum absolute atomic E-state index is 1.19. The summed E-state index contributed by atoms with van der Waals surface area (Å²) in [5.41, 5.74) is 2.99. The van der Waals surface area contributed by atoms with E-state index in [2.05, 4.69) is 50.3 Å². The molecule has 0 saturated carbocycles. The molecule has 1 aromatic carbocycles. The van der Waals surface area contributed by atoms with Crippen LogP contribution in [0.2, 0.25) is 0 Å². The van der Waals surface area contributed by atoms with Crippen LogP contribution in [-0.2, 0) is 6.42 Å². The zero-order valence-corrected chi connectivity index (χ0v) is 10.00. The molecule has 82 valence electrons. The molecule has 0 bridgehead atoms. The van der Waals surface area contributed by atoms with E-state index in [-0.39, 0.29) is 0 Å². The minimum atomic E-state index is 1.19. The maximum absolute atomic E-state index is 2.38. The van der Waals surface area contributed by atoms with Gasteiger partial charge in [-0.15, -0.1) is 0 Å². The first-order valence-electron chi connectivity index (χ1n) is 6.02. The van der Waals surface area contributed by atoms with Crippen LogP contribution >= 0.6 is 0 Å². The lowest BCUT2D eigenvalue weighted by molar-refractivity contribution is 0.743. The molecule has 0 aliphatic heterocycles. The van der Waals surface area contributed by atoms with E-state index in [1.54, 1.807) is 0 Å². The van der Waals surface area contributed by atoms with Gasteiger partial charge in [-0.1, -0.05) is 48.9 Å². The Bertz CT molecular complexity index is 282. The third-order valence-corrected chi connectivity index (χ3v) is 2.81. The lowest BCUT2D eigenvalue weighted by Gasteiger charge is -2.00. The molecule has 0 nitrogen and oxygen atoms in total. The third kappa shape index (κ3) is 5.41. The zero-order valence-electron chi connectivity index (χ0n) is 10.00. The number of benzene rings is 1. The van der Waals surface area contributed by atoms with E-state index in [4.69, 9.17) is 0 Å². The van der Waals surface area contributed by atoms with Gasteiger partial charge in [-0.25, -0.2) is 0 Å². The second-order valence-electron chi connectivity index (χ2n) is 4.14. The van der Waals surface area contributed by atoms with Crippen LogP contribution in [-0.4, -0.2) is 0 Å². The Morgan fingerprint density at radius 1 is 1.13 bits per heavy atom. The fraction of sp³-hybridized carbons (Fsp3) is 0.467. The average Bonchev–Trinajstić information content (AvgIpc) is 2.29. The van der Waals surface area contributed by atoms with Crippen molar-refractivity contribution < 1.29 is 0 Å². The molecule has 1 aromatic rings. The highest BCUT2D eigenvalue weighted by molar-refractivity contribution is 5.14. The highest BCUT2D eigenvalue weighted by atomic mass is 14.0. The summed E-state index contributed by atoms with van der Waals surface area (Å²) in [5, 5.41) is 0. The van der Waals surface area contributed by atoms with Gasteiger partial charge in [0.05, 0.1) is 0 Å². The molecule has 0 aliphatic carbocycles. The minimum Gasteiger partial charge on any atom is -0.0856 e. The molecule has 0 fully saturated rings. The summed E-state index contributed by atoms with van der Waals surface area (Å²) in [6, 6.07) is 10.8. The van der Waals surface area contributed by atoms with Gasteiger partial charge < -0.3 is 0 Å². The number of hydrogen-bond acceptors (Lipinski definition) is 0. The van der Waals surface area contributed by atoms with Crippen molar-refractivity contribution in [2.75, 3.05) is 0 Å². The Morgan fingerprint density at radius 3 is 2.53 bits per heavy atom. The molecule has 0 heteroatoms. The summed E-state index contributed by atoms with van der Waals surface area (Å²) in [5.74, 6) is 0. The highest BCUT2D eigenvalue weighted by Crippen LogP contribution is 2.08. The predicted molar refractivity (Wildman–Crippen MR) is 68.0 cm³/mol. The third-order valence-electron chi connectivity index (χ3n) is 2.81. The van der Waals surface area contributed by atoms with E-state index < -0.39 is 0 Å². The normalized spacial score (nSPS) is 11.7. The molecule has 0 aromatic heterocycles. The molecule has 0 amide bonds. The van der Waals surface area contributed by atoms with Crippen LogP contribution in [0.4, 0.5) is 0 Å². The zero-order chi connectivity index (χ0) is 10.9. The van der Waals surface area contributed by atoms with Gasteiger partial charge in [0.2, 0.25) is 0 Å². The summed E-state index contributed by atoms with van der Waals surface area (Å²) in [6.45, 7) is 4.44. The van der Waals surface area contributed by atoms with Crippen molar-refractivity contribution in [1.82, 2.24) is 0 Å². The summed E-state index contributed by atoms with van der Waals surface area (Å²) in [7, 11) is 0. The number of unbranched alkanes of at least 4 members (excludes halogenated alkanes) is 2. The van der Waals surface area contributed by atoms with E-state index >= 15 is 0 Å². The fourth-order valence-corrected chi connectivity index (χ4v) is 1.61. The standard InChI is InChI=1S/C15H22/c1-3-14(2)10-6-4-7-11-15-12-8-5-9-13-15/h5,8-10,12-13H,3-4,6-7,11H2,1-2H3. The molecule has 0 N–H and O–H groups in total. The van der Waals surface area contributed by atoms with Gasteiger partial charge in [-0.3, -0.25) is 0 Å². The first-order chi connectivity index (χ1) is 7.33. The summed E-state index contributed by atoms with van der Waals surface area (Å²) >= 11 is 0. The smallest absolute Gasteiger partial charge is 0.0279 e. The summed E-state index contributed by atoms with van der Waals surface area (Å²) in [6.07, 6.45) is 8.65. The summed E-state index contributed by atoms with van der Waals surface area (Å²) in [4.78, 5) is 0. The average molecular weight is 202 g/mol. The van der Waals surface area contributed by atoms with Crippen molar-refractivity contribution in [2.24, 2.45) is 0 Å². The van der Waals surface area contributed by atoms with Crippen LogP contribution in [0.1, 0.15) is 45.1 Å². The van der Waals surface area contributed by atoms with Gasteiger partial charge in [0, 0.05) is 0 Å². The van der Waals surface area contributed by atoms with E-state index in [1.807, 2.05) is 0 Å². The maximum atomic E-state index is 2.38. The highest BCUT2D eigenvalue weighted by Gasteiger charge is 1.91. The molecule has 0 saturated heterocycles. The Kier molecular flexibility index (Phi) is 5.84. The lowest BCUT2D eigenvalue weighted by atomic mass is 10.1. The molecule has 0 spiro atoms. The van der Waals surface area contributed by atoms with E-state index in [1.165, 1.54) is 43.2 Å². The van der Waals surface area contributed by atoms with Crippen LogP contribution in [0.25, 0.3) is 0 Å². The Balaban J connectivity index is 2.13. The van der Waals surface area contributed by atoms with Crippen LogP contribution in [0.15, 0.2) is 42.0 Å². The van der Waals surface area contributed by atoms with Gasteiger partial charge in [0.1, 0.15) is 0 Å². The van der Waals surface area contributed by atoms with Crippen molar-refractivity contribution in [1.29, 1.82) is 0 Å². The molecule has 15 heavy (non-hydrogen) atoms. The van der Waals surface area contributed by atoms with Crippen molar-refractivity contribution in [3.8, 4) is 0 Å². The molecule has 0 unspecified atom stereocenters. The van der Waals surface area contributed by atoms with Gasteiger partial charge in [0.25, 0.3) is 0 Å². The Hall–Kier alpha value is -1.04. The van der Waals surface area contributed by atoms with Gasteiger partial charge >= 0.3 is 0 Å². The van der Waals surface area contributed by atoms with Crippen LogP contribution in [0.5, 0.6) is 0 Å². The molecule has 0 radical (unpaired) electrons. The van der Waals surface area contributed by atoms with Crippen LogP contribution in [0.3, 0.4) is 0 Å². The largest absolute Gasteiger partial charge is 0.0856 e. The lowest BCUT2D eigenvalue weighted by Crippen LogP contribution is -1.84. The molecular weight excluding hydrogens is 180 g/mol. The van der Waals surface area contributed by atoms with Gasteiger partial charge in [-0.2, -0.15) is 0 Å². The van der Waals surface area contributed by atoms with E-state index in [0.717, 1.165) is 0 Å². The van der Waals surface area contributed by atoms with Crippen LogP contribution in [0, 0.1) is 0 Å². The molecule has 0 heterocycles. The second-order valence-corrected chi connectivity index (χ2v) is 4.14. The molecule has 1 rings (SSSR count). The summed E-state index contributed by atoms with van der Waals surface area (Å²) < 4.78 is 0. The van der Waals surface area contributed by atoms with Crippen LogP contribution < -0.4 is 0 Å². The SMILES string of the molecule is CCC(C)=CCCCCc1ccccc1. The topological polar surface area (TPSA) is 0 Å². The molecule has 0 atom stereocenters. The first-order valence-corrected chi connectivity index (χ1v) is 6.02. The van der Waals surface area contributed by atoms with Crippen molar-refractivity contribution in [3.05, 3.63) is 47.5 Å². The van der Waals surface area contributed by atoms with E-state index in [0.29, 0.717) is 0 Å². The maximum Gasteiger partial charge on any atom is -0.0279 e. The molecule has 0 aliphatic rings. The quantitative estimate of drug-likeness (QED) is 0.461. The van der Waals surface area contributed by atoms with Crippen molar-refractivity contribution in [3.63, 3.8) is 0 Å². The first kappa shape index (κ1) is 12.0. The monoisotopic (exact) mass is 202 g/mol. The van der Waals surface area contributed by atoms with Gasteiger partial charge in [0.15, 0.2) is 0 Å². The fourth-order valence-electron chi connectivity index (χ4n) is 1.61.